The standard InChI is InChI=1S/C12H14INO2/c1-12(4-5-12)7-14-11(16)9-6-8(13)2-3-10(9)15/h2-3,6,15H,4-5,7H2,1H3,(H,14,16). The van der Waals surface area contributed by atoms with Gasteiger partial charge in [-0.15, -0.1) is 0 Å². The molecule has 1 saturated carbocycles. The van der Waals surface area contributed by atoms with E-state index < -0.39 is 0 Å². The highest BCUT2D eigenvalue weighted by molar-refractivity contribution is 14.1. The normalized spacial score (nSPS) is 16.9. The van der Waals surface area contributed by atoms with Gasteiger partial charge in [0.05, 0.1) is 5.56 Å². The lowest BCUT2D eigenvalue weighted by Gasteiger charge is -2.11. The molecule has 3 nitrogen and oxygen atoms in total. The van der Waals surface area contributed by atoms with Crippen LogP contribution in [0.25, 0.3) is 0 Å². The zero-order valence-electron chi connectivity index (χ0n) is 9.09. The van der Waals surface area contributed by atoms with Crippen LogP contribution >= 0.6 is 22.6 Å². The van der Waals surface area contributed by atoms with Gasteiger partial charge in [0, 0.05) is 10.1 Å². The third-order valence-electron chi connectivity index (χ3n) is 2.98. The molecule has 1 aliphatic carbocycles. The van der Waals surface area contributed by atoms with Crippen molar-refractivity contribution in [1.29, 1.82) is 0 Å². The van der Waals surface area contributed by atoms with Crippen molar-refractivity contribution in [2.45, 2.75) is 19.8 Å². The summed E-state index contributed by atoms with van der Waals surface area (Å²) in [6, 6.07) is 5.02. The maximum atomic E-state index is 11.8. The van der Waals surface area contributed by atoms with Gasteiger partial charge in [-0.3, -0.25) is 4.79 Å². The first-order valence-corrected chi connectivity index (χ1v) is 6.35. The van der Waals surface area contributed by atoms with Crippen LogP contribution in [0.4, 0.5) is 0 Å². The van der Waals surface area contributed by atoms with Crippen molar-refractivity contribution in [2.24, 2.45) is 5.41 Å². The zero-order chi connectivity index (χ0) is 11.8. The molecule has 2 rings (SSSR count). The molecule has 1 aromatic carbocycles. The Morgan fingerprint density at radius 3 is 2.88 bits per heavy atom. The van der Waals surface area contributed by atoms with E-state index in [1.165, 1.54) is 12.8 Å². The van der Waals surface area contributed by atoms with Crippen LogP contribution in [-0.2, 0) is 0 Å². The van der Waals surface area contributed by atoms with Crippen LogP contribution in [0.5, 0.6) is 5.75 Å². The number of nitrogens with one attached hydrogen (secondary N) is 1. The minimum Gasteiger partial charge on any atom is -0.507 e. The fourth-order valence-corrected chi connectivity index (χ4v) is 1.96. The van der Waals surface area contributed by atoms with E-state index in [0.29, 0.717) is 12.1 Å². The fourth-order valence-electron chi connectivity index (χ4n) is 1.47. The predicted molar refractivity (Wildman–Crippen MR) is 70.5 cm³/mol. The van der Waals surface area contributed by atoms with Crippen LogP contribution in [0.15, 0.2) is 18.2 Å². The molecule has 2 N–H and O–H groups in total. The van der Waals surface area contributed by atoms with Crippen LogP contribution in [0, 0.1) is 8.99 Å². The lowest BCUT2D eigenvalue weighted by Crippen LogP contribution is -2.29. The van der Waals surface area contributed by atoms with Gasteiger partial charge < -0.3 is 10.4 Å². The summed E-state index contributed by atoms with van der Waals surface area (Å²) in [5, 5.41) is 12.5. The minimum absolute atomic E-state index is 0.0406. The highest BCUT2D eigenvalue weighted by Gasteiger charge is 2.37. The minimum atomic E-state index is -0.191. The van der Waals surface area contributed by atoms with Gasteiger partial charge in [0.1, 0.15) is 5.75 Å². The number of phenolic OH excluding ortho intramolecular Hbond substituents is 1. The molecule has 16 heavy (non-hydrogen) atoms. The highest BCUT2D eigenvalue weighted by atomic mass is 127. The first-order valence-electron chi connectivity index (χ1n) is 5.27. The second-order valence-corrected chi connectivity index (χ2v) is 5.90. The zero-order valence-corrected chi connectivity index (χ0v) is 11.2. The number of hydrogen-bond donors (Lipinski definition) is 2. The summed E-state index contributed by atoms with van der Waals surface area (Å²) in [5.41, 5.74) is 0.642. The number of benzene rings is 1. The van der Waals surface area contributed by atoms with Crippen molar-refractivity contribution in [1.82, 2.24) is 5.32 Å². The molecule has 4 heteroatoms. The Morgan fingerprint density at radius 1 is 1.56 bits per heavy atom. The van der Waals surface area contributed by atoms with Gasteiger partial charge in [-0.1, -0.05) is 6.92 Å². The van der Waals surface area contributed by atoms with Gasteiger partial charge in [0.25, 0.3) is 5.91 Å². The maximum Gasteiger partial charge on any atom is 0.255 e. The van der Waals surface area contributed by atoms with Crippen molar-refractivity contribution < 1.29 is 9.90 Å². The van der Waals surface area contributed by atoms with Gasteiger partial charge in [-0.2, -0.15) is 0 Å². The molecule has 0 spiro atoms. The molecule has 0 aromatic heterocycles. The number of amides is 1. The lowest BCUT2D eigenvalue weighted by molar-refractivity contribution is 0.0943. The fraction of sp³-hybridized carbons (Fsp3) is 0.417. The van der Waals surface area contributed by atoms with Gasteiger partial charge in [0.15, 0.2) is 0 Å². The Kier molecular flexibility index (Phi) is 3.10. The summed E-state index contributed by atoms with van der Waals surface area (Å²) in [5.74, 6) is -0.150. The molecule has 0 saturated heterocycles. The van der Waals surface area contributed by atoms with Crippen molar-refractivity contribution in [3.8, 4) is 5.75 Å². The summed E-state index contributed by atoms with van der Waals surface area (Å²) >= 11 is 2.12. The summed E-state index contributed by atoms with van der Waals surface area (Å²) in [6.45, 7) is 2.85. The molecule has 1 amide bonds. The van der Waals surface area contributed by atoms with E-state index in [2.05, 4.69) is 34.8 Å². The van der Waals surface area contributed by atoms with Crippen molar-refractivity contribution >= 4 is 28.5 Å². The van der Waals surface area contributed by atoms with Gasteiger partial charge in [0.2, 0.25) is 0 Å². The lowest BCUT2D eigenvalue weighted by atomic mass is 10.1. The summed E-state index contributed by atoms with van der Waals surface area (Å²) in [7, 11) is 0. The Balaban J connectivity index is 2.05. The van der Waals surface area contributed by atoms with Crippen LogP contribution in [-0.4, -0.2) is 17.6 Å². The summed E-state index contributed by atoms with van der Waals surface area (Å²) < 4.78 is 0.943. The number of hydrogen-bond acceptors (Lipinski definition) is 2. The van der Waals surface area contributed by atoms with E-state index in [-0.39, 0.29) is 17.1 Å². The SMILES string of the molecule is CC1(CNC(=O)c2cc(I)ccc2O)CC1. The third-order valence-corrected chi connectivity index (χ3v) is 3.65. The van der Waals surface area contributed by atoms with E-state index in [1.54, 1.807) is 18.2 Å². The number of carbonyl (C=O) groups is 1. The molecule has 1 aromatic rings. The van der Waals surface area contributed by atoms with Gasteiger partial charge >= 0.3 is 0 Å². The topological polar surface area (TPSA) is 49.3 Å². The molecule has 0 atom stereocenters. The van der Waals surface area contributed by atoms with E-state index in [4.69, 9.17) is 0 Å². The Morgan fingerprint density at radius 2 is 2.25 bits per heavy atom. The number of halogens is 1. The summed E-state index contributed by atoms with van der Waals surface area (Å²) in [6.07, 6.45) is 2.34. The van der Waals surface area contributed by atoms with Crippen LogP contribution < -0.4 is 5.32 Å². The molecule has 1 aliphatic rings. The average molecular weight is 331 g/mol. The first kappa shape index (κ1) is 11.7. The van der Waals surface area contributed by atoms with E-state index in [9.17, 15) is 9.90 Å². The molecule has 0 aliphatic heterocycles. The molecule has 0 heterocycles. The van der Waals surface area contributed by atoms with Gasteiger partial charge in [-0.25, -0.2) is 0 Å². The number of carbonyl (C=O) groups excluding carboxylic acids is 1. The Labute approximate surface area is 108 Å². The largest absolute Gasteiger partial charge is 0.507 e. The van der Waals surface area contributed by atoms with Crippen molar-refractivity contribution in [3.63, 3.8) is 0 Å². The molecular formula is C12H14INO2. The molecule has 0 bridgehead atoms. The number of phenols is 1. The molecule has 1 fully saturated rings. The van der Waals surface area contributed by atoms with Crippen LogP contribution in [0.2, 0.25) is 0 Å². The van der Waals surface area contributed by atoms with Crippen LogP contribution in [0.3, 0.4) is 0 Å². The molecule has 86 valence electrons. The smallest absolute Gasteiger partial charge is 0.255 e. The van der Waals surface area contributed by atoms with E-state index in [0.717, 1.165) is 3.57 Å². The third kappa shape index (κ3) is 2.66. The predicted octanol–water partition coefficient (Wildman–Crippen LogP) is 2.53. The second-order valence-electron chi connectivity index (χ2n) is 4.65. The first-order chi connectivity index (χ1) is 7.50. The monoisotopic (exact) mass is 331 g/mol. The highest BCUT2D eigenvalue weighted by Crippen LogP contribution is 2.44. The number of rotatable bonds is 3. The molecule has 0 radical (unpaired) electrons. The van der Waals surface area contributed by atoms with Crippen molar-refractivity contribution in [2.75, 3.05) is 6.54 Å². The Bertz CT molecular complexity index is 427. The van der Waals surface area contributed by atoms with Gasteiger partial charge in [-0.05, 0) is 59.0 Å². The molecule has 0 unspecified atom stereocenters. The Hall–Kier alpha value is -0.780. The maximum absolute atomic E-state index is 11.8. The van der Waals surface area contributed by atoms with E-state index in [1.807, 2.05) is 0 Å². The van der Waals surface area contributed by atoms with Crippen molar-refractivity contribution in [3.05, 3.63) is 27.3 Å². The van der Waals surface area contributed by atoms with E-state index >= 15 is 0 Å². The van der Waals surface area contributed by atoms with Crippen LogP contribution in [0.1, 0.15) is 30.1 Å². The molecular weight excluding hydrogens is 317 g/mol. The quantitative estimate of drug-likeness (QED) is 0.837. The second kappa shape index (κ2) is 4.24. The number of aromatic hydroxyl groups is 1. The summed E-state index contributed by atoms with van der Waals surface area (Å²) in [4.78, 5) is 11.8. The average Bonchev–Trinajstić information content (AvgIpc) is 2.97.